The van der Waals surface area contributed by atoms with Crippen molar-refractivity contribution in [2.24, 2.45) is 0 Å². The lowest BCUT2D eigenvalue weighted by atomic mass is 9.97. The quantitative estimate of drug-likeness (QED) is 0.0328. The van der Waals surface area contributed by atoms with Crippen LogP contribution in [0.2, 0.25) is 0 Å². The molecule has 0 spiro atoms. The molecule has 6 rings (SSSR count). The van der Waals surface area contributed by atoms with Gasteiger partial charge in [0.15, 0.2) is 0 Å². The molecule has 3 heterocycles. The Bertz CT molecular complexity index is 1790. The number of carbonyl (C=O) groups is 2. The molecule has 0 saturated carbocycles. The highest BCUT2D eigenvalue weighted by Gasteiger charge is 2.62. The van der Waals surface area contributed by atoms with Crippen molar-refractivity contribution in [2.45, 2.75) is 87.2 Å². The number of anilines is 1. The van der Waals surface area contributed by atoms with E-state index in [2.05, 4.69) is 36.0 Å². The molecule has 14 nitrogen and oxygen atoms in total. The maximum absolute atomic E-state index is 12.4. The van der Waals surface area contributed by atoms with E-state index in [0.717, 1.165) is 80.5 Å². The number of fused-ring (bicyclic) bond motifs is 5. The number of likely N-dealkylation sites (N-methyl/N-ethyl adjacent to an activating group) is 1. The molecule has 3 aromatic rings. The van der Waals surface area contributed by atoms with Crippen molar-refractivity contribution in [1.82, 2.24) is 10.2 Å². The first-order valence-electron chi connectivity index (χ1n) is 19.3. The summed E-state index contributed by atoms with van der Waals surface area (Å²) in [6, 6.07) is 21.0. The van der Waals surface area contributed by atoms with Crippen LogP contribution in [0.1, 0.15) is 56.6 Å². The number of alkyl halides is 2. The smallest absolute Gasteiger partial charge is 0.316 e. The molecule has 3 fully saturated rings. The second kappa shape index (κ2) is 26.2. The van der Waals surface area contributed by atoms with Crippen LogP contribution in [0.15, 0.2) is 77.7 Å². The first kappa shape index (κ1) is 51.9. The van der Waals surface area contributed by atoms with Crippen LogP contribution in [-0.4, -0.2) is 132 Å². The Hall–Kier alpha value is -3.19. The van der Waals surface area contributed by atoms with Crippen molar-refractivity contribution in [3.05, 3.63) is 83.9 Å². The van der Waals surface area contributed by atoms with Gasteiger partial charge in [-0.2, -0.15) is 8.42 Å². The number of rotatable bonds is 16. The monoisotopic (exact) mass is 949 g/mol. The summed E-state index contributed by atoms with van der Waals surface area (Å²) in [5.41, 5.74) is 3.06. The zero-order chi connectivity index (χ0) is 42.8. The highest BCUT2D eigenvalue weighted by molar-refractivity contribution is 8.93. The predicted octanol–water partition coefficient (Wildman–Crippen LogP) is 5.83. The topological polar surface area (TPSA) is 210 Å². The van der Waals surface area contributed by atoms with Crippen molar-refractivity contribution in [1.29, 1.82) is 0 Å². The van der Waals surface area contributed by atoms with Crippen molar-refractivity contribution in [3.63, 3.8) is 0 Å². The summed E-state index contributed by atoms with van der Waals surface area (Å²) in [4.78, 5) is 26.7. The SMILES string of the molecule is Br.CCNCC.CN1[C@@H]2CC(OC(=O)[C@H](CO)c3ccccc3)C[C@H]1[C@@H]1O[C@@H]12.O=C(O)CCCc1ccc(N(CCCl)CCCl)cc1.O=S(=O)(O)c1cc(O)ccc1O. The average Bonchev–Trinajstić information content (AvgIpc) is 3.96. The number of hydrogen-bond donors (Lipinski definition) is 6. The number of piperidine rings is 1. The van der Waals surface area contributed by atoms with Crippen LogP contribution in [-0.2, 0) is 35.6 Å². The van der Waals surface area contributed by atoms with E-state index < -0.39 is 32.7 Å². The first-order chi connectivity index (χ1) is 27.7. The van der Waals surface area contributed by atoms with E-state index in [-0.39, 0.29) is 47.8 Å². The van der Waals surface area contributed by atoms with E-state index in [9.17, 15) is 23.1 Å². The van der Waals surface area contributed by atoms with Gasteiger partial charge in [0.05, 0.1) is 6.61 Å². The number of phenolic OH excluding ortho intramolecular Hbond substituents is 2. The predicted molar refractivity (Wildman–Crippen MR) is 234 cm³/mol. The maximum Gasteiger partial charge on any atom is 0.316 e. The van der Waals surface area contributed by atoms with Crippen LogP contribution in [0.3, 0.4) is 0 Å². The van der Waals surface area contributed by atoms with Crippen molar-refractivity contribution < 1.29 is 52.5 Å². The number of benzene rings is 3. The number of aliphatic carboxylic acids is 1. The van der Waals surface area contributed by atoms with Crippen molar-refractivity contribution >= 4 is 67.9 Å². The Balaban J connectivity index is 0.000000296. The van der Waals surface area contributed by atoms with Crippen LogP contribution in [0, 0.1) is 0 Å². The lowest BCUT2D eigenvalue weighted by Crippen LogP contribution is -2.48. The third-order valence-electron chi connectivity index (χ3n) is 9.91. The molecule has 18 heteroatoms. The van der Waals surface area contributed by atoms with E-state index in [0.29, 0.717) is 42.5 Å². The number of aryl methyl sites for hydroxylation is 1. The Morgan fingerprint density at radius 3 is 1.98 bits per heavy atom. The van der Waals surface area contributed by atoms with Gasteiger partial charge < -0.3 is 40.1 Å². The normalized spacial score (nSPS) is 20.4. The number of ether oxygens (including phenoxy) is 2. The van der Waals surface area contributed by atoms with E-state index in [1.165, 1.54) is 0 Å². The number of epoxide rings is 1. The number of carbonyl (C=O) groups excluding carboxylic acids is 1. The van der Waals surface area contributed by atoms with E-state index >= 15 is 0 Å². The van der Waals surface area contributed by atoms with Crippen LogP contribution < -0.4 is 10.2 Å². The maximum atomic E-state index is 12.4. The summed E-state index contributed by atoms with van der Waals surface area (Å²) in [5, 5.41) is 39.0. The molecule has 0 aromatic heterocycles. The molecule has 6 N–H and O–H groups in total. The second-order valence-corrected chi connectivity index (χ2v) is 16.1. The number of nitrogens with zero attached hydrogens (tertiary/aromatic N) is 2. The number of halogens is 3. The number of aliphatic hydroxyl groups is 1. The molecule has 1 unspecified atom stereocenters. The molecule has 3 saturated heterocycles. The Labute approximate surface area is 367 Å². The summed E-state index contributed by atoms with van der Waals surface area (Å²) in [5.74, 6) is -1.47. The van der Waals surface area contributed by atoms with Gasteiger partial charge in [0.2, 0.25) is 0 Å². The van der Waals surface area contributed by atoms with E-state index in [4.69, 9.17) is 52.5 Å². The number of morpholine rings is 1. The third kappa shape index (κ3) is 16.7. The molecular formula is C41H58BrCl2N3O11S. The minimum atomic E-state index is -4.47. The Morgan fingerprint density at radius 1 is 0.949 bits per heavy atom. The molecule has 330 valence electrons. The fraction of sp³-hybridized carbons (Fsp3) is 0.512. The Kier molecular flexibility index (Phi) is 23.1. The number of aliphatic hydroxyl groups excluding tert-OH is 1. The number of esters is 1. The fourth-order valence-corrected chi connectivity index (χ4v) is 7.91. The molecule has 0 aliphatic carbocycles. The van der Waals surface area contributed by atoms with Gasteiger partial charge in [-0.25, -0.2) is 0 Å². The van der Waals surface area contributed by atoms with Gasteiger partial charge in [-0.3, -0.25) is 19.0 Å². The molecule has 0 amide bonds. The zero-order valence-electron chi connectivity index (χ0n) is 33.5. The minimum Gasteiger partial charge on any atom is -0.508 e. The van der Waals surface area contributed by atoms with Gasteiger partial charge in [0, 0.05) is 67.9 Å². The van der Waals surface area contributed by atoms with Gasteiger partial charge in [-0.15, -0.1) is 40.2 Å². The van der Waals surface area contributed by atoms with Gasteiger partial charge in [0.1, 0.15) is 40.6 Å². The van der Waals surface area contributed by atoms with E-state index in [1.54, 1.807) is 0 Å². The van der Waals surface area contributed by atoms with Gasteiger partial charge in [-0.1, -0.05) is 56.3 Å². The number of aromatic hydroxyl groups is 2. The highest BCUT2D eigenvalue weighted by atomic mass is 79.9. The van der Waals surface area contributed by atoms with Gasteiger partial charge in [0.25, 0.3) is 10.1 Å². The standard InChI is InChI=1S/C17H21NO4.C14H19Cl2NO2.C6H6O5S.C4H11N.BrH/c1-18-13-7-11(8-14(18)16-15(13)22-16)21-17(20)12(9-19)10-5-3-2-4-6-10;15-8-10-17(11-9-16)13-6-4-12(5-7-13)2-1-3-14(18)19;7-4-1-2-5(8)6(3-4)12(9,10)11;1-3-5-4-2;/h2-6,11-16,19H,7-9H2,1H3;4-7H,1-3,8-11H2,(H,18,19);1-3,7-8H,(H,9,10,11);5H,3-4H2,1-2H3;1H/t11?,12-,13-,14+,15-,16+;;;;/m1..../s1. The molecule has 6 atom stereocenters. The number of nitrogens with one attached hydrogen (secondary N) is 1. The average molecular weight is 952 g/mol. The summed E-state index contributed by atoms with van der Waals surface area (Å²) >= 11 is 11.5. The minimum absolute atomic E-state index is 0. The van der Waals surface area contributed by atoms with Gasteiger partial charge in [-0.05, 0) is 68.4 Å². The van der Waals surface area contributed by atoms with Crippen LogP contribution in [0.5, 0.6) is 11.5 Å². The summed E-state index contributed by atoms with van der Waals surface area (Å²) < 4.78 is 40.9. The first-order valence-corrected chi connectivity index (χ1v) is 21.8. The van der Waals surface area contributed by atoms with Crippen LogP contribution in [0.25, 0.3) is 0 Å². The lowest BCUT2D eigenvalue weighted by Gasteiger charge is -2.38. The largest absolute Gasteiger partial charge is 0.508 e. The number of carboxylic acid groups (broad SMARTS) is 1. The Morgan fingerprint density at radius 2 is 1.53 bits per heavy atom. The molecule has 2 bridgehead atoms. The molecule has 0 radical (unpaired) electrons. The summed E-state index contributed by atoms with van der Waals surface area (Å²) in [6.45, 7) is 7.70. The third-order valence-corrected chi connectivity index (χ3v) is 11.1. The van der Waals surface area contributed by atoms with E-state index in [1.807, 2.05) is 54.6 Å². The summed E-state index contributed by atoms with van der Waals surface area (Å²) in [7, 11) is -2.34. The van der Waals surface area contributed by atoms with Crippen molar-refractivity contribution in [2.75, 3.05) is 56.5 Å². The molecule has 3 aliphatic rings. The van der Waals surface area contributed by atoms with Crippen molar-refractivity contribution in [3.8, 4) is 11.5 Å². The molecule has 3 aliphatic heterocycles. The molecular weight excluding hydrogens is 893 g/mol. The number of phenols is 2. The number of carboxylic acids is 1. The summed E-state index contributed by atoms with van der Waals surface area (Å²) in [6.07, 6.45) is 3.93. The highest BCUT2D eigenvalue weighted by Crippen LogP contribution is 2.48. The van der Waals surface area contributed by atoms with Crippen LogP contribution >= 0.6 is 40.2 Å². The second-order valence-electron chi connectivity index (χ2n) is 13.9. The fourth-order valence-electron chi connectivity index (χ4n) is 6.90. The zero-order valence-corrected chi connectivity index (χ0v) is 37.6. The van der Waals surface area contributed by atoms with Crippen LogP contribution in [0.4, 0.5) is 5.69 Å². The molecule has 3 aromatic carbocycles. The van der Waals surface area contributed by atoms with Gasteiger partial charge >= 0.3 is 11.9 Å². The molecule has 59 heavy (non-hydrogen) atoms. The number of hydrogen-bond acceptors (Lipinski definition) is 12. The lowest BCUT2D eigenvalue weighted by molar-refractivity contribution is -0.156.